The fourth-order valence-corrected chi connectivity index (χ4v) is 6.56. The van der Waals surface area contributed by atoms with Crippen LogP contribution >= 0.6 is 0 Å². The largest absolute Gasteiger partial charge is 0.244 e. The van der Waals surface area contributed by atoms with Crippen LogP contribution in [-0.2, 0) is 0 Å². The number of hydrogen-bond donors (Lipinski definition) is 0. The summed E-state index contributed by atoms with van der Waals surface area (Å²) in [4.78, 5) is 19.8. The summed E-state index contributed by atoms with van der Waals surface area (Å²) >= 11 is 0. The molecule has 0 unspecified atom stereocenters. The third-order valence-corrected chi connectivity index (χ3v) is 9.35. The first-order chi connectivity index (χ1) is 26.3. The number of rotatable bonds is 6. The van der Waals surface area contributed by atoms with Crippen LogP contribution in [0.3, 0.4) is 0 Å². The van der Waals surface area contributed by atoms with Gasteiger partial charge in [-0.2, -0.15) is 0 Å². The second kappa shape index (κ2) is 13.5. The molecule has 9 aromatic rings. The summed E-state index contributed by atoms with van der Waals surface area (Å²) < 4.78 is 55.2. The first-order valence-corrected chi connectivity index (χ1v) is 17.1. The lowest BCUT2D eigenvalue weighted by molar-refractivity contribution is 0.627. The molecule has 0 bridgehead atoms. The lowest BCUT2D eigenvalue weighted by Gasteiger charge is -2.12. The SMILES string of the molecule is Fc1ccc(-c2nc3ccc(-c4ccc(-c5ccc6nc(-c7ccc(F)cc7)c(-c7ccc(F)cc7)nc6c5)cc4)cc3nc2-c2ccc(F)cc2)cc1. The zero-order valence-corrected chi connectivity index (χ0v) is 28.3. The summed E-state index contributed by atoms with van der Waals surface area (Å²) in [5, 5.41) is 0. The summed E-state index contributed by atoms with van der Waals surface area (Å²) in [6, 6.07) is 44.2. The van der Waals surface area contributed by atoms with Gasteiger partial charge in [0.2, 0.25) is 0 Å². The van der Waals surface area contributed by atoms with Crippen molar-refractivity contribution in [3.05, 3.63) is 181 Å². The van der Waals surface area contributed by atoms with Gasteiger partial charge >= 0.3 is 0 Å². The summed E-state index contributed by atoms with van der Waals surface area (Å²) in [7, 11) is 0. The molecule has 0 aliphatic rings. The summed E-state index contributed by atoms with van der Waals surface area (Å²) in [5.41, 5.74) is 11.5. The van der Waals surface area contributed by atoms with E-state index in [1.807, 2.05) is 60.7 Å². The van der Waals surface area contributed by atoms with Crippen LogP contribution in [0.1, 0.15) is 0 Å². The lowest BCUT2D eigenvalue weighted by atomic mass is 9.98. The van der Waals surface area contributed by atoms with Crippen molar-refractivity contribution in [1.82, 2.24) is 19.9 Å². The van der Waals surface area contributed by atoms with Gasteiger partial charge in [0.15, 0.2) is 0 Å². The third-order valence-electron chi connectivity index (χ3n) is 9.35. The molecule has 0 radical (unpaired) electrons. The molecule has 4 nitrogen and oxygen atoms in total. The van der Waals surface area contributed by atoms with E-state index in [9.17, 15) is 17.6 Å². The molecule has 0 saturated carbocycles. The van der Waals surface area contributed by atoms with E-state index in [4.69, 9.17) is 19.9 Å². The average Bonchev–Trinajstić information content (AvgIpc) is 3.21. The number of halogens is 4. The number of nitrogens with zero attached hydrogens (tertiary/aromatic N) is 4. The molecule has 0 aliphatic carbocycles. The Morgan fingerprint density at radius 2 is 0.444 bits per heavy atom. The van der Waals surface area contributed by atoms with Crippen molar-refractivity contribution in [1.29, 1.82) is 0 Å². The Morgan fingerprint density at radius 3 is 0.722 bits per heavy atom. The van der Waals surface area contributed by atoms with Gasteiger partial charge in [-0.05, 0) is 144 Å². The topological polar surface area (TPSA) is 51.6 Å². The Labute approximate surface area is 307 Å². The average molecular weight is 711 g/mol. The highest BCUT2D eigenvalue weighted by atomic mass is 19.1. The predicted octanol–water partition coefficient (Wildman–Crippen LogP) is 12.1. The quantitative estimate of drug-likeness (QED) is 0.161. The molecule has 2 aromatic heterocycles. The van der Waals surface area contributed by atoms with Gasteiger partial charge in [-0.25, -0.2) is 37.5 Å². The molecule has 8 heteroatoms. The van der Waals surface area contributed by atoms with E-state index in [0.717, 1.165) is 22.3 Å². The fourth-order valence-electron chi connectivity index (χ4n) is 6.56. The molecule has 0 N–H and O–H groups in total. The minimum absolute atomic E-state index is 0.353. The van der Waals surface area contributed by atoms with E-state index in [0.29, 0.717) is 67.1 Å². The minimum atomic E-state index is -0.357. The highest BCUT2D eigenvalue weighted by Gasteiger charge is 2.17. The second-order valence-electron chi connectivity index (χ2n) is 12.9. The fraction of sp³-hybridized carbons (Fsp3) is 0. The standard InChI is InChI=1S/C46H26F4N4/c47-35-15-5-29(6-16-35)43-45(31-9-19-37(49)20-10-31)53-41-25-33(13-23-39(41)51-43)27-1-2-28(4-3-27)34-14-24-40-42(26-34)54-46(32-11-21-38(50)22-12-32)44(52-40)30-7-17-36(48)18-8-30/h1-26H. The van der Waals surface area contributed by atoms with Crippen molar-refractivity contribution in [2.75, 3.05) is 0 Å². The molecule has 2 heterocycles. The molecule has 0 spiro atoms. The smallest absolute Gasteiger partial charge is 0.123 e. The molecule has 54 heavy (non-hydrogen) atoms. The number of benzene rings is 7. The Kier molecular flexibility index (Phi) is 8.20. The van der Waals surface area contributed by atoms with Crippen molar-refractivity contribution < 1.29 is 17.6 Å². The molecule has 0 amide bonds. The van der Waals surface area contributed by atoms with E-state index < -0.39 is 0 Å². The maximum absolute atomic E-state index is 13.8. The van der Waals surface area contributed by atoms with Gasteiger partial charge in [0, 0.05) is 22.3 Å². The van der Waals surface area contributed by atoms with Crippen LogP contribution in [-0.4, -0.2) is 19.9 Å². The lowest BCUT2D eigenvalue weighted by Crippen LogP contribution is -1.96. The van der Waals surface area contributed by atoms with Gasteiger partial charge in [-0.1, -0.05) is 36.4 Å². The zero-order valence-electron chi connectivity index (χ0n) is 28.3. The van der Waals surface area contributed by atoms with Crippen molar-refractivity contribution in [2.45, 2.75) is 0 Å². The van der Waals surface area contributed by atoms with Gasteiger partial charge in [0.1, 0.15) is 23.3 Å². The Hall–Kier alpha value is -7.06. The molecule has 0 aliphatic heterocycles. The molecule has 0 fully saturated rings. The van der Waals surface area contributed by atoms with Crippen LogP contribution in [0.5, 0.6) is 0 Å². The number of hydrogen-bond acceptors (Lipinski definition) is 4. The van der Waals surface area contributed by atoms with Crippen LogP contribution in [0.25, 0.3) is 89.4 Å². The zero-order chi connectivity index (χ0) is 36.8. The Bertz CT molecular complexity index is 2630. The van der Waals surface area contributed by atoms with Gasteiger partial charge in [0.25, 0.3) is 0 Å². The van der Waals surface area contributed by atoms with E-state index >= 15 is 0 Å². The van der Waals surface area contributed by atoms with Gasteiger partial charge in [-0.3, -0.25) is 0 Å². The molecular formula is C46H26F4N4. The van der Waals surface area contributed by atoms with E-state index in [-0.39, 0.29) is 23.3 Å². The molecule has 9 rings (SSSR count). The summed E-state index contributed by atoms with van der Waals surface area (Å²) in [6.07, 6.45) is 0. The molecule has 258 valence electrons. The van der Waals surface area contributed by atoms with Gasteiger partial charge < -0.3 is 0 Å². The molecular weight excluding hydrogens is 685 g/mol. The van der Waals surface area contributed by atoms with E-state index in [1.165, 1.54) is 48.5 Å². The van der Waals surface area contributed by atoms with Crippen molar-refractivity contribution in [3.63, 3.8) is 0 Å². The van der Waals surface area contributed by atoms with Crippen LogP contribution in [0.4, 0.5) is 17.6 Å². The first-order valence-electron chi connectivity index (χ1n) is 17.1. The Morgan fingerprint density at radius 1 is 0.222 bits per heavy atom. The van der Waals surface area contributed by atoms with E-state index in [1.54, 1.807) is 48.5 Å². The molecule has 0 atom stereocenters. The molecule has 7 aromatic carbocycles. The number of aromatic nitrogens is 4. The van der Waals surface area contributed by atoms with E-state index in [2.05, 4.69) is 0 Å². The van der Waals surface area contributed by atoms with Crippen LogP contribution in [0.15, 0.2) is 158 Å². The first kappa shape index (κ1) is 32.8. The predicted molar refractivity (Wildman–Crippen MR) is 205 cm³/mol. The minimum Gasteiger partial charge on any atom is -0.244 e. The number of fused-ring (bicyclic) bond motifs is 2. The highest BCUT2D eigenvalue weighted by Crippen LogP contribution is 2.35. The maximum Gasteiger partial charge on any atom is 0.123 e. The monoisotopic (exact) mass is 710 g/mol. The van der Waals surface area contributed by atoms with Crippen LogP contribution < -0.4 is 0 Å². The van der Waals surface area contributed by atoms with Crippen LogP contribution in [0, 0.1) is 23.3 Å². The van der Waals surface area contributed by atoms with Crippen molar-refractivity contribution in [2.24, 2.45) is 0 Å². The van der Waals surface area contributed by atoms with Crippen molar-refractivity contribution >= 4 is 22.1 Å². The van der Waals surface area contributed by atoms with Crippen LogP contribution in [0.2, 0.25) is 0 Å². The second-order valence-corrected chi connectivity index (χ2v) is 12.9. The Balaban J connectivity index is 1.07. The highest BCUT2D eigenvalue weighted by molar-refractivity contribution is 5.91. The summed E-state index contributed by atoms with van der Waals surface area (Å²) in [5.74, 6) is -1.42. The summed E-state index contributed by atoms with van der Waals surface area (Å²) in [6.45, 7) is 0. The third kappa shape index (κ3) is 6.34. The van der Waals surface area contributed by atoms with Crippen molar-refractivity contribution in [3.8, 4) is 67.3 Å². The van der Waals surface area contributed by atoms with Gasteiger partial charge in [-0.15, -0.1) is 0 Å². The van der Waals surface area contributed by atoms with Gasteiger partial charge in [0.05, 0.1) is 44.8 Å². The molecule has 0 saturated heterocycles. The maximum atomic E-state index is 13.8. The normalized spacial score (nSPS) is 11.3.